The normalized spacial score (nSPS) is 30.7. The second-order valence-corrected chi connectivity index (χ2v) is 15.5. The molecule has 2 aromatic heterocycles. The summed E-state index contributed by atoms with van der Waals surface area (Å²) in [5, 5.41) is 45.0. The lowest BCUT2D eigenvalue weighted by molar-refractivity contribution is -0.148. The van der Waals surface area contributed by atoms with Gasteiger partial charge in [-0.25, -0.2) is 4.98 Å². The number of nitrogens with two attached hydrogens (primary N) is 1. The van der Waals surface area contributed by atoms with Crippen LogP contribution in [0.15, 0.2) is 54.9 Å². The molecule has 0 bridgehead atoms. The topological polar surface area (TPSA) is 151 Å². The van der Waals surface area contributed by atoms with E-state index in [1.807, 2.05) is 24.4 Å². The first-order chi connectivity index (χ1) is 23.6. The predicted molar refractivity (Wildman–Crippen MR) is 194 cm³/mol. The number of aromatic nitrogens is 2. The quantitative estimate of drug-likeness (QED) is 0.0869. The molecule has 49 heavy (non-hydrogen) atoms. The smallest absolute Gasteiger partial charge is 0.309 e. The Balaban J connectivity index is 1.19. The molecule has 0 amide bonds. The van der Waals surface area contributed by atoms with Gasteiger partial charge in [0.1, 0.15) is 5.82 Å². The summed E-state index contributed by atoms with van der Waals surface area (Å²) in [6.07, 6.45) is 23.6. The van der Waals surface area contributed by atoms with Crippen molar-refractivity contribution in [1.29, 1.82) is 0 Å². The minimum atomic E-state index is -1.09. The standard InChI is InChI=1S/C41H60N3O5/c1-3-5-7-10-28-13-14-30(37(45)21-28)11-8-6-9-12-35(40(47)48)39(46)31-15-16-36-32(19-29-17-18-43-38(42)22-29)23-33(41(36,49)25-31)24-34-20-27(4-2)26-44-34/h13-18,20,22,26,28,30-33,35-37,39,45-46,49H,3-12,19,21,23-25H2,1-2H3,(H2,42,43)(H,47,48)/q-1/t28-,30-,31-,32+,33+,35+,36+,37-,39-,41+/m1/s1. The van der Waals surface area contributed by atoms with Gasteiger partial charge in [-0.3, -0.25) is 4.79 Å². The van der Waals surface area contributed by atoms with Crippen LogP contribution in [0.1, 0.15) is 108 Å². The van der Waals surface area contributed by atoms with Crippen molar-refractivity contribution in [2.45, 2.75) is 128 Å². The largest absolute Gasteiger partial charge is 0.667 e. The van der Waals surface area contributed by atoms with Crippen LogP contribution in [-0.4, -0.2) is 49.2 Å². The number of carboxylic acid groups (broad SMARTS) is 1. The van der Waals surface area contributed by atoms with Crippen LogP contribution in [0.3, 0.4) is 0 Å². The molecule has 6 N–H and O–H groups in total. The van der Waals surface area contributed by atoms with Gasteiger partial charge in [0.05, 0.1) is 23.7 Å². The number of carbonyl (C=O) groups is 1. The number of fused-ring (bicyclic) bond motifs is 1. The summed E-state index contributed by atoms with van der Waals surface area (Å²) >= 11 is 0. The molecule has 0 saturated heterocycles. The number of nitrogen functional groups attached to an aromatic ring is 1. The van der Waals surface area contributed by atoms with Gasteiger partial charge in [-0.15, -0.1) is 0 Å². The zero-order valence-corrected chi connectivity index (χ0v) is 29.7. The molecular weight excluding hydrogens is 614 g/mol. The monoisotopic (exact) mass is 674 g/mol. The van der Waals surface area contributed by atoms with Gasteiger partial charge in [0, 0.05) is 24.0 Å². The summed E-state index contributed by atoms with van der Waals surface area (Å²) in [5.74, 6) is -1.23. The van der Waals surface area contributed by atoms with E-state index in [0.717, 1.165) is 62.6 Å². The highest BCUT2D eigenvalue weighted by Gasteiger charge is 2.55. The van der Waals surface area contributed by atoms with E-state index in [1.165, 1.54) is 24.8 Å². The highest BCUT2D eigenvalue weighted by atomic mass is 16.4. The van der Waals surface area contributed by atoms with Gasteiger partial charge in [-0.1, -0.05) is 88.3 Å². The Hall–Kier alpha value is -2.94. The van der Waals surface area contributed by atoms with Crippen molar-refractivity contribution in [1.82, 2.24) is 9.97 Å². The number of anilines is 1. The van der Waals surface area contributed by atoms with Crippen molar-refractivity contribution >= 4 is 11.8 Å². The third-order valence-electron chi connectivity index (χ3n) is 12.0. The number of aryl methyl sites for hydroxylation is 1. The van der Waals surface area contributed by atoms with E-state index in [9.17, 15) is 25.2 Å². The number of rotatable bonds is 18. The van der Waals surface area contributed by atoms with Crippen molar-refractivity contribution in [3.8, 4) is 0 Å². The average molecular weight is 675 g/mol. The second-order valence-electron chi connectivity index (χ2n) is 15.5. The fraction of sp³-hybridized carbons (Fsp3) is 0.659. The molecule has 8 nitrogen and oxygen atoms in total. The Morgan fingerprint density at radius 2 is 1.84 bits per heavy atom. The molecule has 8 heteroatoms. The lowest BCUT2D eigenvalue weighted by Gasteiger charge is -2.43. The van der Waals surface area contributed by atoms with Crippen molar-refractivity contribution in [2.24, 2.45) is 41.4 Å². The molecule has 1 saturated carbocycles. The molecule has 5 rings (SSSR count). The van der Waals surface area contributed by atoms with E-state index in [-0.39, 0.29) is 29.8 Å². The summed E-state index contributed by atoms with van der Waals surface area (Å²) in [4.78, 5) is 21.3. The number of aliphatic hydroxyl groups is 3. The Labute approximate surface area is 293 Å². The first-order valence-electron chi connectivity index (χ1n) is 19.1. The van der Waals surface area contributed by atoms with E-state index in [2.05, 4.69) is 48.1 Å². The van der Waals surface area contributed by atoms with Crippen LogP contribution in [0.5, 0.6) is 0 Å². The molecule has 0 radical (unpaired) electrons. The van der Waals surface area contributed by atoms with Crippen LogP contribution >= 0.6 is 0 Å². The maximum absolute atomic E-state index is 12.5. The average Bonchev–Trinajstić information content (AvgIpc) is 3.64. The number of unbranched alkanes of at least 4 members (excludes halogenated alkanes) is 4. The van der Waals surface area contributed by atoms with Crippen LogP contribution < -0.4 is 10.7 Å². The number of pyridine rings is 1. The Bertz CT molecular complexity index is 1400. The van der Waals surface area contributed by atoms with E-state index in [1.54, 1.807) is 6.20 Å². The van der Waals surface area contributed by atoms with Crippen LogP contribution in [-0.2, 0) is 24.1 Å². The lowest BCUT2D eigenvalue weighted by atomic mass is 9.68. The third-order valence-corrected chi connectivity index (χ3v) is 12.0. The number of aliphatic carboxylic acids is 1. The molecule has 1 fully saturated rings. The van der Waals surface area contributed by atoms with Crippen molar-refractivity contribution in [3.05, 3.63) is 71.7 Å². The maximum atomic E-state index is 12.5. The van der Waals surface area contributed by atoms with Crippen LogP contribution in [0, 0.1) is 41.4 Å². The zero-order valence-electron chi connectivity index (χ0n) is 29.7. The van der Waals surface area contributed by atoms with Gasteiger partial charge in [0.25, 0.3) is 0 Å². The zero-order chi connectivity index (χ0) is 35.0. The summed E-state index contributed by atoms with van der Waals surface area (Å²) in [5.41, 5.74) is 8.14. The molecule has 2 heterocycles. The minimum absolute atomic E-state index is 0.0694. The summed E-state index contributed by atoms with van der Waals surface area (Å²) < 4.78 is 0. The Morgan fingerprint density at radius 3 is 2.55 bits per heavy atom. The Morgan fingerprint density at radius 1 is 1.02 bits per heavy atom. The van der Waals surface area contributed by atoms with Gasteiger partial charge < -0.3 is 31.1 Å². The molecular formula is C41H60N3O5-. The molecule has 0 spiro atoms. The van der Waals surface area contributed by atoms with E-state index in [0.29, 0.717) is 37.4 Å². The number of nitrogens with zero attached hydrogens (tertiary/aromatic N) is 2. The van der Waals surface area contributed by atoms with Crippen molar-refractivity contribution < 1.29 is 25.2 Å². The molecule has 0 aromatic carbocycles. The lowest BCUT2D eigenvalue weighted by Crippen LogP contribution is -2.48. The number of allylic oxidation sites excluding steroid dienone is 1. The van der Waals surface area contributed by atoms with E-state index in [4.69, 9.17) is 5.73 Å². The number of hydrogen-bond acceptors (Lipinski definition) is 6. The highest BCUT2D eigenvalue weighted by Crippen LogP contribution is 2.54. The van der Waals surface area contributed by atoms with Crippen LogP contribution in [0.25, 0.3) is 0 Å². The van der Waals surface area contributed by atoms with Crippen molar-refractivity contribution in [2.75, 3.05) is 5.73 Å². The molecule has 3 aliphatic carbocycles. The SMILES string of the molecule is CCCCC[C@@H]1C=C[C@@H](CCCCC[C@H](C(=O)O)[C@H](O)[C@@H]2C=C[C@H]3[C@@H](Cc4ccnc(N)c4)C[C@@H](Cc4cc(CC)c[n-]4)[C@@]3(O)C2)[C@H](O)C1. The Kier molecular flexibility index (Phi) is 13.2. The molecule has 0 aliphatic heterocycles. The third kappa shape index (κ3) is 9.44. The predicted octanol–water partition coefficient (Wildman–Crippen LogP) is 6.67. The number of carboxylic acids is 1. The fourth-order valence-corrected chi connectivity index (χ4v) is 9.18. The van der Waals surface area contributed by atoms with E-state index < -0.39 is 29.5 Å². The summed E-state index contributed by atoms with van der Waals surface area (Å²) in [6, 6.07) is 6.00. The molecule has 3 aliphatic rings. The molecule has 10 atom stereocenters. The maximum Gasteiger partial charge on any atom is 0.309 e. The van der Waals surface area contributed by atoms with Crippen molar-refractivity contribution in [3.63, 3.8) is 0 Å². The van der Waals surface area contributed by atoms with Gasteiger partial charge in [-0.2, -0.15) is 11.9 Å². The minimum Gasteiger partial charge on any atom is -0.667 e. The second kappa shape index (κ2) is 17.3. The fourth-order valence-electron chi connectivity index (χ4n) is 9.18. The molecule has 2 aromatic rings. The highest BCUT2D eigenvalue weighted by molar-refractivity contribution is 5.70. The van der Waals surface area contributed by atoms with Gasteiger partial charge in [0.15, 0.2) is 0 Å². The van der Waals surface area contributed by atoms with Crippen LogP contribution in [0.2, 0.25) is 0 Å². The first kappa shape index (κ1) is 37.3. The summed E-state index contributed by atoms with van der Waals surface area (Å²) in [6.45, 7) is 4.32. The van der Waals surface area contributed by atoms with Gasteiger partial charge in [-0.05, 0) is 93.2 Å². The molecule has 270 valence electrons. The van der Waals surface area contributed by atoms with Crippen LogP contribution in [0.4, 0.5) is 5.82 Å². The number of aliphatic hydroxyl groups excluding tert-OH is 2. The number of hydrogen-bond donors (Lipinski definition) is 5. The van der Waals surface area contributed by atoms with Gasteiger partial charge in [0.2, 0.25) is 0 Å². The molecule has 0 unspecified atom stereocenters. The van der Waals surface area contributed by atoms with Gasteiger partial charge >= 0.3 is 5.97 Å². The first-order valence-corrected chi connectivity index (χ1v) is 19.1. The van der Waals surface area contributed by atoms with E-state index >= 15 is 0 Å². The summed E-state index contributed by atoms with van der Waals surface area (Å²) in [7, 11) is 0.